The summed E-state index contributed by atoms with van der Waals surface area (Å²) in [6.07, 6.45) is 1.86. The van der Waals surface area contributed by atoms with Crippen LogP contribution in [0.5, 0.6) is 0 Å². The zero-order valence-corrected chi connectivity index (χ0v) is 16.6. The van der Waals surface area contributed by atoms with Gasteiger partial charge in [-0.3, -0.25) is 4.79 Å². The highest BCUT2D eigenvalue weighted by atomic mass is 16.2. The number of fused-ring (bicyclic) bond motifs is 1. The highest BCUT2D eigenvalue weighted by Crippen LogP contribution is 2.35. The first kappa shape index (κ1) is 18.7. The predicted molar refractivity (Wildman–Crippen MR) is 118 cm³/mol. The van der Waals surface area contributed by atoms with Gasteiger partial charge in [0.05, 0.1) is 29.2 Å². The van der Waals surface area contributed by atoms with Crippen LogP contribution in [0.25, 0.3) is 0 Å². The smallest absolute Gasteiger partial charge is 0.262 e. The normalized spacial score (nSPS) is 15.0. The van der Waals surface area contributed by atoms with Crippen molar-refractivity contribution < 1.29 is 4.79 Å². The lowest BCUT2D eigenvalue weighted by Crippen LogP contribution is -2.33. The van der Waals surface area contributed by atoms with E-state index in [1.54, 1.807) is 0 Å². The lowest BCUT2D eigenvalue weighted by Gasteiger charge is -2.24. The summed E-state index contributed by atoms with van der Waals surface area (Å²) in [7, 11) is 3.84. The number of nitrogens with zero attached hydrogens (tertiary/aromatic N) is 3. The third kappa shape index (κ3) is 3.97. The van der Waals surface area contributed by atoms with Crippen LogP contribution in [0, 0.1) is 0 Å². The van der Waals surface area contributed by atoms with Gasteiger partial charge in [0, 0.05) is 25.9 Å². The minimum absolute atomic E-state index is 0.0601. The molecule has 1 heterocycles. The standard InChI is InChI=1S/C25H23N3O/c1-27(2)18-21-24(20-13-7-4-8-14-20)26-22-15-9-10-16-23(22)28(25(21)29)17-19-11-5-3-6-12-19/h3-16,18H,17H2,1-2H3/b21-18+. The van der Waals surface area contributed by atoms with E-state index in [0.29, 0.717) is 17.8 Å². The molecule has 3 aromatic carbocycles. The number of hydrogen-bond donors (Lipinski definition) is 0. The van der Waals surface area contributed by atoms with Gasteiger partial charge in [-0.25, -0.2) is 4.99 Å². The van der Waals surface area contributed by atoms with E-state index in [-0.39, 0.29) is 5.91 Å². The fraction of sp³-hybridized carbons (Fsp3) is 0.120. The van der Waals surface area contributed by atoms with E-state index in [4.69, 9.17) is 4.99 Å². The zero-order valence-electron chi connectivity index (χ0n) is 16.6. The van der Waals surface area contributed by atoms with Crippen LogP contribution in [0.2, 0.25) is 0 Å². The first-order valence-electron chi connectivity index (χ1n) is 9.61. The Balaban J connectivity index is 1.89. The molecule has 144 valence electrons. The summed E-state index contributed by atoms with van der Waals surface area (Å²) in [6.45, 7) is 0.485. The molecular formula is C25H23N3O. The molecule has 0 aliphatic carbocycles. The molecule has 4 nitrogen and oxygen atoms in total. The van der Waals surface area contributed by atoms with Crippen LogP contribution in [0.1, 0.15) is 11.1 Å². The topological polar surface area (TPSA) is 35.9 Å². The van der Waals surface area contributed by atoms with E-state index in [0.717, 1.165) is 22.5 Å². The Kier molecular flexibility index (Phi) is 5.25. The van der Waals surface area contributed by atoms with Crippen molar-refractivity contribution in [3.63, 3.8) is 0 Å². The Morgan fingerprint density at radius 2 is 1.48 bits per heavy atom. The molecule has 0 saturated carbocycles. The molecule has 0 bridgehead atoms. The molecular weight excluding hydrogens is 358 g/mol. The van der Waals surface area contributed by atoms with Crippen molar-refractivity contribution in [3.8, 4) is 0 Å². The summed E-state index contributed by atoms with van der Waals surface area (Å²) in [4.78, 5) is 22.4. The Morgan fingerprint density at radius 1 is 0.862 bits per heavy atom. The number of benzene rings is 3. The average Bonchev–Trinajstić information content (AvgIpc) is 2.85. The molecule has 0 atom stereocenters. The fourth-order valence-electron chi connectivity index (χ4n) is 3.44. The van der Waals surface area contributed by atoms with Crippen LogP contribution in [0.3, 0.4) is 0 Å². The van der Waals surface area contributed by atoms with Crippen molar-refractivity contribution in [2.24, 2.45) is 4.99 Å². The number of rotatable bonds is 4. The van der Waals surface area contributed by atoms with E-state index in [2.05, 4.69) is 0 Å². The van der Waals surface area contributed by atoms with E-state index < -0.39 is 0 Å². The van der Waals surface area contributed by atoms with E-state index in [9.17, 15) is 4.79 Å². The third-order valence-corrected chi connectivity index (χ3v) is 4.75. The number of carbonyl (C=O) groups is 1. The number of amides is 1. The molecule has 1 aliphatic heterocycles. The average molecular weight is 381 g/mol. The van der Waals surface area contributed by atoms with Gasteiger partial charge in [0.2, 0.25) is 0 Å². The Labute approximate surface area is 171 Å². The van der Waals surface area contributed by atoms with Gasteiger partial charge in [0.1, 0.15) is 0 Å². The van der Waals surface area contributed by atoms with Crippen LogP contribution in [0.15, 0.2) is 102 Å². The molecule has 0 saturated heterocycles. The lowest BCUT2D eigenvalue weighted by molar-refractivity contribution is -0.114. The van der Waals surface area contributed by atoms with Crippen LogP contribution in [-0.4, -0.2) is 30.6 Å². The van der Waals surface area contributed by atoms with Crippen molar-refractivity contribution >= 4 is 23.0 Å². The number of carbonyl (C=O) groups excluding carboxylic acids is 1. The largest absolute Gasteiger partial charge is 0.383 e. The molecule has 0 aromatic heterocycles. The first-order chi connectivity index (χ1) is 14.1. The zero-order chi connectivity index (χ0) is 20.2. The van der Waals surface area contributed by atoms with Gasteiger partial charge in [0.25, 0.3) is 5.91 Å². The first-order valence-corrected chi connectivity index (χ1v) is 9.61. The van der Waals surface area contributed by atoms with Gasteiger partial charge in [0.15, 0.2) is 0 Å². The van der Waals surface area contributed by atoms with Gasteiger partial charge in [-0.2, -0.15) is 0 Å². The van der Waals surface area contributed by atoms with Gasteiger partial charge < -0.3 is 9.80 Å². The highest BCUT2D eigenvalue weighted by Gasteiger charge is 2.29. The summed E-state index contributed by atoms with van der Waals surface area (Å²) in [5.74, 6) is -0.0601. The summed E-state index contributed by atoms with van der Waals surface area (Å²) < 4.78 is 0. The SMILES string of the molecule is CN(C)/C=C1/C(=O)N(Cc2ccccc2)c2ccccc2N=C1c1ccccc1. The van der Waals surface area contributed by atoms with E-state index in [1.165, 1.54) is 0 Å². The number of aliphatic imine (C=N–C) groups is 1. The molecule has 1 aliphatic rings. The molecule has 0 fully saturated rings. The summed E-state index contributed by atoms with van der Waals surface area (Å²) in [5.41, 5.74) is 4.86. The summed E-state index contributed by atoms with van der Waals surface area (Å²) in [5, 5.41) is 0. The third-order valence-electron chi connectivity index (χ3n) is 4.75. The van der Waals surface area contributed by atoms with E-state index >= 15 is 0 Å². The van der Waals surface area contributed by atoms with Crippen LogP contribution in [0.4, 0.5) is 11.4 Å². The molecule has 3 aromatic rings. The maximum absolute atomic E-state index is 13.8. The van der Waals surface area contributed by atoms with Gasteiger partial charge >= 0.3 is 0 Å². The second kappa shape index (κ2) is 8.15. The predicted octanol–water partition coefficient (Wildman–Crippen LogP) is 4.80. The monoisotopic (exact) mass is 381 g/mol. The van der Waals surface area contributed by atoms with Gasteiger partial charge in [-0.05, 0) is 17.7 Å². The number of hydrogen-bond acceptors (Lipinski definition) is 3. The molecule has 4 heteroatoms. The summed E-state index contributed by atoms with van der Waals surface area (Å²) in [6, 6.07) is 27.7. The Hall–Kier alpha value is -3.66. The quantitative estimate of drug-likeness (QED) is 0.609. The van der Waals surface area contributed by atoms with Crippen molar-refractivity contribution in [1.82, 2.24) is 4.90 Å². The van der Waals surface area contributed by atoms with Crippen molar-refractivity contribution in [2.75, 3.05) is 19.0 Å². The maximum Gasteiger partial charge on any atom is 0.262 e. The van der Waals surface area contributed by atoms with Gasteiger partial charge in [-0.15, -0.1) is 0 Å². The van der Waals surface area contributed by atoms with E-state index in [1.807, 2.05) is 115 Å². The summed E-state index contributed by atoms with van der Waals surface area (Å²) >= 11 is 0. The second-order valence-electron chi connectivity index (χ2n) is 7.20. The molecule has 29 heavy (non-hydrogen) atoms. The minimum atomic E-state index is -0.0601. The Bertz CT molecular complexity index is 1070. The lowest BCUT2D eigenvalue weighted by atomic mass is 10.0. The fourth-order valence-corrected chi connectivity index (χ4v) is 3.44. The molecule has 0 N–H and O–H groups in total. The second-order valence-corrected chi connectivity index (χ2v) is 7.20. The van der Waals surface area contributed by atoms with Gasteiger partial charge in [-0.1, -0.05) is 72.8 Å². The van der Waals surface area contributed by atoms with Crippen molar-refractivity contribution in [2.45, 2.75) is 6.54 Å². The Morgan fingerprint density at radius 3 is 2.17 bits per heavy atom. The highest BCUT2D eigenvalue weighted by molar-refractivity contribution is 6.33. The molecule has 4 rings (SSSR count). The van der Waals surface area contributed by atoms with Crippen molar-refractivity contribution in [3.05, 3.63) is 108 Å². The minimum Gasteiger partial charge on any atom is -0.383 e. The van der Waals surface area contributed by atoms with Crippen LogP contribution < -0.4 is 4.90 Å². The van der Waals surface area contributed by atoms with Crippen LogP contribution in [-0.2, 0) is 11.3 Å². The van der Waals surface area contributed by atoms with Crippen LogP contribution >= 0.6 is 0 Å². The maximum atomic E-state index is 13.8. The molecule has 1 amide bonds. The van der Waals surface area contributed by atoms with Crippen molar-refractivity contribution in [1.29, 1.82) is 0 Å². The molecule has 0 radical (unpaired) electrons. The molecule has 0 spiro atoms. The number of para-hydroxylation sites is 2. The molecule has 0 unspecified atom stereocenters. The number of anilines is 1.